The molecule has 0 bridgehead atoms. The minimum absolute atomic E-state index is 0.0174. The topological polar surface area (TPSA) is 76.1 Å². The zero-order valence-electron chi connectivity index (χ0n) is 11.6. The lowest BCUT2D eigenvalue weighted by atomic mass is 10.1. The molecule has 1 N–H and O–H groups in total. The van der Waals surface area contributed by atoms with Crippen LogP contribution in [0.2, 0.25) is 0 Å². The van der Waals surface area contributed by atoms with Crippen molar-refractivity contribution in [3.05, 3.63) is 23.8 Å². The number of amides is 2. The van der Waals surface area contributed by atoms with E-state index in [4.69, 9.17) is 14.6 Å². The Morgan fingerprint density at radius 3 is 2.67 bits per heavy atom. The van der Waals surface area contributed by atoms with Gasteiger partial charge in [0.05, 0.1) is 19.4 Å². The fourth-order valence-corrected chi connectivity index (χ4v) is 1.93. The van der Waals surface area contributed by atoms with Crippen LogP contribution in [0.15, 0.2) is 18.2 Å². The summed E-state index contributed by atoms with van der Waals surface area (Å²) in [4.78, 5) is 24.9. The molecule has 110 valence electrons. The summed E-state index contributed by atoms with van der Waals surface area (Å²) in [6.45, 7) is -0.304. The summed E-state index contributed by atoms with van der Waals surface area (Å²) in [6, 6.07) is 4.99. The van der Waals surface area contributed by atoms with E-state index in [0.717, 1.165) is 4.90 Å². The third kappa shape index (κ3) is 3.40. The predicted molar refractivity (Wildman–Crippen MR) is 74.9 cm³/mol. The maximum atomic E-state index is 11.9. The van der Waals surface area contributed by atoms with Crippen LogP contribution in [0.4, 0.5) is 5.69 Å². The van der Waals surface area contributed by atoms with Crippen LogP contribution in [0, 0.1) is 11.8 Å². The van der Waals surface area contributed by atoms with Crippen LogP contribution < -0.4 is 9.64 Å². The van der Waals surface area contributed by atoms with Crippen molar-refractivity contribution in [2.75, 3.05) is 31.8 Å². The highest BCUT2D eigenvalue weighted by Gasteiger charge is 2.30. The highest BCUT2D eigenvalue weighted by molar-refractivity contribution is 6.17. The summed E-state index contributed by atoms with van der Waals surface area (Å²) in [5.41, 5.74) is 0.984. The molecule has 1 fully saturated rings. The molecular formula is C15H15NO5. The van der Waals surface area contributed by atoms with E-state index in [9.17, 15) is 9.59 Å². The number of hydrogen-bond acceptors (Lipinski definition) is 5. The van der Waals surface area contributed by atoms with Crippen LogP contribution in [0.5, 0.6) is 5.75 Å². The maximum absolute atomic E-state index is 11.9. The first kappa shape index (κ1) is 15.0. The molecule has 1 aromatic rings. The molecule has 1 aliphatic heterocycles. The van der Waals surface area contributed by atoms with Crippen LogP contribution in [-0.2, 0) is 14.3 Å². The molecule has 0 aromatic heterocycles. The molecule has 0 aliphatic carbocycles. The average molecular weight is 289 g/mol. The molecule has 1 aliphatic rings. The quantitative estimate of drug-likeness (QED) is 0.640. The van der Waals surface area contributed by atoms with Gasteiger partial charge in [0.15, 0.2) is 0 Å². The van der Waals surface area contributed by atoms with Gasteiger partial charge in [-0.25, -0.2) is 4.90 Å². The molecule has 0 saturated carbocycles. The molecule has 0 atom stereocenters. The zero-order valence-corrected chi connectivity index (χ0v) is 11.6. The zero-order chi connectivity index (χ0) is 15.2. The van der Waals surface area contributed by atoms with Crippen molar-refractivity contribution >= 4 is 17.5 Å². The number of imide groups is 1. The summed E-state index contributed by atoms with van der Waals surface area (Å²) in [5, 5.41) is 8.72. The van der Waals surface area contributed by atoms with Crippen LogP contribution in [0.25, 0.3) is 0 Å². The number of benzene rings is 1. The van der Waals surface area contributed by atoms with Gasteiger partial charge in [-0.05, 0) is 18.2 Å². The summed E-state index contributed by atoms with van der Waals surface area (Å²) in [6.07, 6.45) is 0.358. The average Bonchev–Trinajstić information content (AvgIpc) is 2.48. The standard InChI is InChI=1S/C15H15NO5/c1-20-13-6-5-11(4-2-3-7-17)8-12(13)16-14(18)9-21-10-15(16)19/h5-6,8,17H,3,7,9-10H2,1H3. The molecule has 2 rings (SSSR count). The summed E-state index contributed by atoms with van der Waals surface area (Å²) < 4.78 is 10.1. The van der Waals surface area contributed by atoms with Gasteiger partial charge in [0.1, 0.15) is 19.0 Å². The Kier molecular flexibility index (Phi) is 4.93. The Hall–Kier alpha value is -2.36. The monoisotopic (exact) mass is 289 g/mol. The summed E-state index contributed by atoms with van der Waals surface area (Å²) >= 11 is 0. The number of carbonyl (C=O) groups is 2. The van der Waals surface area contributed by atoms with Crippen molar-refractivity contribution in [1.82, 2.24) is 0 Å². The first-order valence-electron chi connectivity index (χ1n) is 6.38. The minimum atomic E-state index is -0.440. The van der Waals surface area contributed by atoms with E-state index in [1.54, 1.807) is 18.2 Å². The van der Waals surface area contributed by atoms with E-state index in [1.165, 1.54) is 7.11 Å². The molecule has 6 heteroatoms. The molecule has 21 heavy (non-hydrogen) atoms. The van der Waals surface area contributed by atoms with Crippen molar-refractivity contribution in [2.24, 2.45) is 0 Å². The number of methoxy groups -OCH3 is 1. The number of anilines is 1. The van der Waals surface area contributed by atoms with Crippen LogP contribution in [0.3, 0.4) is 0 Å². The molecule has 6 nitrogen and oxygen atoms in total. The van der Waals surface area contributed by atoms with Gasteiger partial charge in [-0.15, -0.1) is 0 Å². The van der Waals surface area contributed by atoms with Crippen LogP contribution in [-0.4, -0.2) is 43.9 Å². The second kappa shape index (κ2) is 6.88. The van der Waals surface area contributed by atoms with Gasteiger partial charge in [0.25, 0.3) is 11.8 Å². The van der Waals surface area contributed by atoms with Crippen molar-refractivity contribution in [1.29, 1.82) is 0 Å². The van der Waals surface area contributed by atoms with E-state index >= 15 is 0 Å². The Bertz CT molecular complexity index is 598. The maximum Gasteiger partial charge on any atom is 0.259 e. The lowest BCUT2D eigenvalue weighted by Crippen LogP contribution is -2.46. The van der Waals surface area contributed by atoms with Gasteiger partial charge in [-0.3, -0.25) is 9.59 Å². The van der Waals surface area contributed by atoms with E-state index < -0.39 is 11.8 Å². The number of ether oxygens (including phenoxy) is 2. The van der Waals surface area contributed by atoms with E-state index in [0.29, 0.717) is 23.4 Å². The summed E-state index contributed by atoms with van der Waals surface area (Å²) in [7, 11) is 1.46. The number of aliphatic hydroxyl groups excluding tert-OH is 1. The molecule has 1 saturated heterocycles. The van der Waals surface area contributed by atoms with Crippen LogP contribution in [0.1, 0.15) is 12.0 Å². The molecule has 0 unspecified atom stereocenters. The second-order valence-electron chi connectivity index (χ2n) is 4.28. The van der Waals surface area contributed by atoms with E-state index in [2.05, 4.69) is 11.8 Å². The van der Waals surface area contributed by atoms with Crippen molar-refractivity contribution in [3.63, 3.8) is 0 Å². The lowest BCUT2D eigenvalue weighted by Gasteiger charge is -2.26. The molecule has 0 spiro atoms. The number of rotatable bonds is 3. The van der Waals surface area contributed by atoms with Gasteiger partial charge >= 0.3 is 0 Å². The molecule has 0 radical (unpaired) electrons. The van der Waals surface area contributed by atoms with Crippen molar-refractivity contribution < 1.29 is 24.2 Å². The Balaban J connectivity index is 2.40. The highest BCUT2D eigenvalue weighted by Crippen LogP contribution is 2.30. The van der Waals surface area contributed by atoms with E-state index in [1.807, 2.05) is 0 Å². The molecular weight excluding hydrogens is 274 g/mol. The number of nitrogens with zero attached hydrogens (tertiary/aromatic N) is 1. The Labute approximate surface area is 122 Å². The SMILES string of the molecule is COc1ccc(C#CCCO)cc1N1C(=O)COCC1=O. The fourth-order valence-electron chi connectivity index (χ4n) is 1.93. The number of morpholine rings is 1. The minimum Gasteiger partial charge on any atom is -0.495 e. The van der Waals surface area contributed by atoms with Gasteiger partial charge in [0, 0.05) is 12.0 Å². The normalized spacial score (nSPS) is 14.7. The van der Waals surface area contributed by atoms with Gasteiger partial charge in [-0.1, -0.05) is 11.8 Å². The predicted octanol–water partition coefficient (Wildman–Crippen LogP) is 0.319. The van der Waals surface area contributed by atoms with Gasteiger partial charge in [-0.2, -0.15) is 0 Å². The number of carbonyl (C=O) groups excluding carboxylic acids is 2. The Morgan fingerprint density at radius 1 is 1.33 bits per heavy atom. The molecule has 1 heterocycles. The second-order valence-corrected chi connectivity index (χ2v) is 4.28. The van der Waals surface area contributed by atoms with Crippen molar-refractivity contribution in [3.8, 4) is 17.6 Å². The first-order chi connectivity index (χ1) is 10.2. The number of hydrogen-bond donors (Lipinski definition) is 1. The Morgan fingerprint density at radius 2 is 2.05 bits per heavy atom. The smallest absolute Gasteiger partial charge is 0.259 e. The fraction of sp³-hybridized carbons (Fsp3) is 0.333. The third-order valence-corrected chi connectivity index (χ3v) is 2.84. The van der Waals surface area contributed by atoms with Crippen molar-refractivity contribution in [2.45, 2.75) is 6.42 Å². The third-order valence-electron chi connectivity index (χ3n) is 2.84. The van der Waals surface area contributed by atoms with Gasteiger partial charge < -0.3 is 14.6 Å². The van der Waals surface area contributed by atoms with Crippen LogP contribution >= 0.6 is 0 Å². The number of aliphatic hydroxyl groups is 1. The largest absolute Gasteiger partial charge is 0.495 e. The van der Waals surface area contributed by atoms with Gasteiger partial charge in [0.2, 0.25) is 0 Å². The highest BCUT2D eigenvalue weighted by atomic mass is 16.5. The first-order valence-corrected chi connectivity index (χ1v) is 6.38. The molecule has 2 amide bonds. The summed E-state index contributed by atoms with van der Waals surface area (Å²) in [5.74, 6) is 5.18. The van der Waals surface area contributed by atoms with E-state index in [-0.39, 0.29) is 19.8 Å². The lowest BCUT2D eigenvalue weighted by molar-refractivity contribution is -0.138. The molecule has 1 aromatic carbocycles.